The molecule has 5 nitrogen and oxygen atoms in total. The Bertz CT molecular complexity index is 858. The summed E-state index contributed by atoms with van der Waals surface area (Å²) in [4.78, 5) is 27.7. The molecule has 25 heavy (non-hydrogen) atoms. The molecular weight excluding hydrogens is 316 g/mol. The summed E-state index contributed by atoms with van der Waals surface area (Å²) in [7, 11) is 1.58. The molecule has 0 bridgehead atoms. The standard InChI is InChI=1S/C20H24N2O3/c1-20(2,3)16-11-12(14-6-5-9-21-18(14)23)10-15(17(16)25-4)19(24)22-13-7-8-13/h5-6,9-11,13H,7-8H2,1-4H3,(H,21,23)(H,22,24). The molecule has 3 rings (SSSR count). The second kappa shape index (κ2) is 6.39. The van der Waals surface area contributed by atoms with Crippen LogP contribution in [0.4, 0.5) is 0 Å². The van der Waals surface area contributed by atoms with E-state index in [0.717, 1.165) is 18.4 Å². The number of benzene rings is 1. The van der Waals surface area contributed by atoms with Crippen molar-refractivity contribution >= 4 is 5.91 Å². The van der Waals surface area contributed by atoms with Crippen molar-refractivity contribution in [2.45, 2.75) is 45.1 Å². The quantitative estimate of drug-likeness (QED) is 0.897. The van der Waals surface area contributed by atoms with Gasteiger partial charge in [0.25, 0.3) is 11.5 Å². The number of methoxy groups -OCH3 is 1. The molecule has 1 amide bonds. The average molecular weight is 340 g/mol. The number of aromatic amines is 1. The van der Waals surface area contributed by atoms with E-state index in [2.05, 4.69) is 31.1 Å². The Morgan fingerprint density at radius 2 is 2.00 bits per heavy atom. The van der Waals surface area contributed by atoms with Crippen LogP contribution in [-0.4, -0.2) is 24.0 Å². The number of carbonyl (C=O) groups is 1. The van der Waals surface area contributed by atoms with Gasteiger partial charge in [-0.3, -0.25) is 9.59 Å². The summed E-state index contributed by atoms with van der Waals surface area (Å²) in [5.41, 5.74) is 2.21. The number of carbonyl (C=O) groups excluding carboxylic acids is 1. The third-order valence-electron chi connectivity index (χ3n) is 4.39. The number of H-pyrrole nitrogens is 1. The number of ether oxygens (including phenoxy) is 1. The summed E-state index contributed by atoms with van der Waals surface area (Å²) in [5.74, 6) is 0.417. The van der Waals surface area contributed by atoms with Crippen molar-refractivity contribution in [1.82, 2.24) is 10.3 Å². The highest BCUT2D eigenvalue weighted by Gasteiger charge is 2.29. The van der Waals surface area contributed by atoms with E-state index in [9.17, 15) is 9.59 Å². The molecular formula is C20H24N2O3. The first kappa shape index (κ1) is 17.3. The zero-order valence-corrected chi connectivity index (χ0v) is 15.1. The minimum atomic E-state index is -0.239. The van der Waals surface area contributed by atoms with Crippen LogP contribution in [0.3, 0.4) is 0 Å². The Kier molecular flexibility index (Phi) is 4.41. The fourth-order valence-electron chi connectivity index (χ4n) is 2.87. The summed E-state index contributed by atoms with van der Waals surface area (Å²) in [6.07, 6.45) is 3.62. The normalized spacial score (nSPS) is 14.2. The molecule has 0 aliphatic heterocycles. The fraction of sp³-hybridized carbons (Fsp3) is 0.400. The molecule has 1 heterocycles. The summed E-state index contributed by atoms with van der Waals surface area (Å²) in [6, 6.07) is 7.48. The number of rotatable bonds is 4. The van der Waals surface area contributed by atoms with Gasteiger partial charge < -0.3 is 15.0 Å². The average Bonchev–Trinajstić information content (AvgIpc) is 3.37. The van der Waals surface area contributed by atoms with E-state index in [1.807, 2.05) is 6.07 Å². The van der Waals surface area contributed by atoms with Crippen molar-refractivity contribution in [3.63, 3.8) is 0 Å². The van der Waals surface area contributed by atoms with Crippen LogP contribution in [-0.2, 0) is 5.41 Å². The van der Waals surface area contributed by atoms with Crippen molar-refractivity contribution in [3.05, 3.63) is 51.9 Å². The SMILES string of the molecule is COc1c(C(=O)NC2CC2)cc(-c2ccc[nH]c2=O)cc1C(C)(C)C. The molecule has 132 valence electrons. The van der Waals surface area contributed by atoms with Crippen molar-refractivity contribution in [1.29, 1.82) is 0 Å². The van der Waals surface area contributed by atoms with Gasteiger partial charge in [-0.15, -0.1) is 0 Å². The van der Waals surface area contributed by atoms with Gasteiger partial charge in [-0.2, -0.15) is 0 Å². The first-order valence-corrected chi connectivity index (χ1v) is 8.52. The van der Waals surface area contributed by atoms with Gasteiger partial charge in [0.2, 0.25) is 0 Å². The molecule has 1 aliphatic carbocycles. The Morgan fingerprint density at radius 3 is 2.56 bits per heavy atom. The molecule has 0 unspecified atom stereocenters. The van der Waals surface area contributed by atoms with Crippen LogP contribution in [0.15, 0.2) is 35.3 Å². The highest BCUT2D eigenvalue weighted by Crippen LogP contribution is 2.37. The van der Waals surface area contributed by atoms with E-state index in [1.165, 1.54) is 0 Å². The zero-order chi connectivity index (χ0) is 18.2. The molecule has 1 aromatic heterocycles. The largest absolute Gasteiger partial charge is 0.496 e. The predicted molar refractivity (Wildman–Crippen MR) is 98.2 cm³/mol. The van der Waals surface area contributed by atoms with Crippen molar-refractivity contribution in [2.75, 3.05) is 7.11 Å². The van der Waals surface area contributed by atoms with Crippen LogP contribution in [0.1, 0.15) is 49.5 Å². The summed E-state index contributed by atoms with van der Waals surface area (Å²) in [6.45, 7) is 6.19. The van der Waals surface area contributed by atoms with E-state index in [0.29, 0.717) is 22.4 Å². The molecule has 0 atom stereocenters. The van der Waals surface area contributed by atoms with Gasteiger partial charge in [0.1, 0.15) is 5.75 Å². The topological polar surface area (TPSA) is 71.2 Å². The van der Waals surface area contributed by atoms with Crippen LogP contribution in [0.5, 0.6) is 5.75 Å². The highest BCUT2D eigenvalue weighted by atomic mass is 16.5. The lowest BCUT2D eigenvalue weighted by molar-refractivity contribution is 0.0948. The second-order valence-corrected chi connectivity index (χ2v) is 7.52. The number of aromatic nitrogens is 1. The first-order valence-electron chi connectivity index (χ1n) is 8.52. The number of hydrogen-bond acceptors (Lipinski definition) is 3. The molecule has 0 saturated heterocycles. The van der Waals surface area contributed by atoms with Gasteiger partial charge in [-0.25, -0.2) is 0 Å². The van der Waals surface area contributed by atoms with Crippen LogP contribution >= 0.6 is 0 Å². The van der Waals surface area contributed by atoms with Crippen LogP contribution in [0, 0.1) is 0 Å². The first-order chi connectivity index (χ1) is 11.8. The maximum atomic E-state index is 12.7. The highest BCUT2D eigenvalue weighted by molar-refractivity contribution is 5.99. The Morgan fingerprint density at radius 1 is 1.28 bits per heavy atom. The fourth-order valence-corrected chi connectivity index (χ4v) is 2.87. The second-order valence-electron chi connectivity index (χ2n) is 7.52. The van der Waals surface area contributed by atoms with Crippen LogP contribution < -0.4 is 15.6 Å². The monoisotopic (exact) mass is 340 g/mol. The van der Waals surface area contributed by atoms with Crippen molar-refractivity contribution in [2.24, 2.45) is 0 Å². The summed E-state index contributed by atoms with van der Waals surface area (Å²) in [5, 5.41) is 3.01. The Hall–Kier alpha value is -2.56. The lowest BCUT2D eigenvalue weighted by atomic mass is 9.83. The molecule has 2 aromatic rings. The smallest absolute Gasteiger partial charge is 0.255 e. The maximum Gasteiger partial charge on any atom is 0.255 e. The third-order valence-corrected chi connectivity index (χ3v) is 4.39. The number of pyridine rings is 1. The van der Waals surface area contributed by atoms with Gasteiger partial charge in [-0.05, 0) is 48.1 Å². The minimum Gasteiger partial charge on any atom is -0.496 e. The molecule has 0 radical (unpaired) electrons. The molecule has 5 heteroatoms. The van der Waals surface area contributed by atoms with E-state index >= 15 is 0 Å². The number of nitrogens with one attached hydrogen (secondary N) is 2. The van der Waals surface area contributed by atoms with Gasteiger partial charge >= 0.3 is 0 Å². The molecule has 1 aliphatic rings. The lowest BCUT2D eigenvalue weighted by Crippen LogP contribution is -2.27. The van der Waals surface area contributed by atoms with Gasteiger partial charge in [0.05, 0.1) is 12.7 Å². The Labute approximate surface area is 147 Å². The molecule has 1 aromatic carbocycles. The Balaban J connectivity index is 2.21. The van der Waals surface area contributed by atoms with E-state index in [4.69, 9.17) is 4.74 Å². The molecule has 0 spiro atoms. The van der Waals surface area contributed by atoms with Gasteiger partial charge in [-0.1, -0.05) is 20.8 Å². The van der Waals surface area contributed by atoms with Crippen LogP contribution in [0.2, 0.25) is 0 Å². The number of hydrogen-bond donors (Lipinski definition) is 2. The molecule has 1 saturated carbocycles. The maximum absolute atomic E-state index is 12.7. The zero-order valence-electron chi connectivity index (χ0n) is 15.1. The molecule has 2 N–H and O–H groups in total. The van der Waals surface area contributed by atoms with Crippen molar-refractivity contribution < 1.29 is 9.53 Å². The van der Waals surface area contributed by atoms with E-state index in [-0.39, 0.29) is 22.9 Å². The van der Waals surface area contributed by atoms with Crippen LogP contribution in [0.25, 0.3) is 11.1 Å². The van der Waals surface area contributed by atoms with Crippen molar-refractivity contribution in [3.8, 4) is 16.9 Å². The third kappa shape index (κ3) is 3.60. The minimum absolute atomic E-state index is 0.154. The lowest BCUT2D eigenvalue weighted by Gasteiger charge is -2.25. The van der Waals surface area contributed by atoms with E-state index < -0.39 is 0 Å². The van der Waals surface area contributed by atoms with E-state index in [1.54, 1.807) is 31.5 Å². The predicted octanol–water partition coefficient (Wildman–Crippen LogP) is 3.24. The summed E-state index contributed by atoms with van der Waals surface area (Å²) >= 11 is 0. The molecule has 1 fully saturated rings. The summed E-state index contributed by atoms with van der Waals surface area (Å²) < 4.78 is 5.60. The van der Waals surface area contributed by atoms with Gasteiger partial charge in [0.15, 0.2) is 0 Å². The van der Waals surface area contributed by atoms with Gasteiger partial charge in [0, 0.05) is 23.4 Å². The number of amides is 1.